The number of nitrogens with zero attached hydrogens (tertiary/aromatic N) is 2. The normalized spacial score (nSPS) is 12.5. The van der Waals surface area contributed by atoms with E-state index in [1.165, 1.54) is 0 Å². The topological polar surface area (TPSA) is 80.9 Å². The Kier molecular flexibility index (Phi) is 5.07. The molecule has 0 aliphatic rings. The number of benzene rings is 1. The molecule has 1 unspecified atom stereocenters. The molecule has 0 saturated heterocycles. The van der Waals surface area contributed by atoms with Crippen LogP contribution in [0.25, 0.3) is 11.0 Å². The van der Waals surface area contributed by atoms with Gasteiger partial charge in [0.05, 0.1) is 0 Å². The maximum atomic E-state index is 11.9. The molecule has 1 atom stereocenters. The van der Waals surface area contributed by atoms with Crippen molar-refractivity contribution in [2.45, 2.75) is 26.2 Å². The Morgan fingerprint density at radius 3 is 3.05 bits per heavy atom. The molecule has 2 rings (SSSR count). The van der Waals surface area contributed by atoms with Crippen LogP contribution >= 0.6 is 0 Å². The number of fused-ring (bicyclic) bond motifs is 1. The van der Waals surface area contributed by atoms with Gasteiger partial charge in [-0.05, 0) is 0 Å². The molecule has 3 N–H and O–H groups in total. The van der Waals surface area contributed by atoms with Gasteiger partial charge >= 0.3 is 118 Å². The summed E-state index contributed by atoms with van der Waals surface area (Å²) < 4.78 is 8.64. The SMILES string of the molecule is CC(CCN)CCC(=O)Nc1cccc2n[se]nc12. The van der Waals surface area contributed by atoms with E-state index in [9.17, 15) is 4.79 Å². The molecular weight excluding hydrogens is 307 g/mol. The van der Waals surface area contributed by atoms with Gasteiger partial charge < -0.3 is 0 Å². The molecule has 0 aliphatic heterocycles. The van der Waals surface area contributed by atoms with Crippen LogP contribution in [-0.2, 0) is 4.79 Å². The molecule has 5 nitrogen and oxygen atoms in total. The van der Waals surface area contributed by atoms with Crippen LogP contribution in [0.4, 0.5) is 5.69 Å². The Bertz CT molecular complexity index is 554. The number of amides is 1. The number of nitrogens with one attached hydrogen (secondary N) is 1. The second-order valence-electron chi connectivity index (χ2n) is 4.71. The van der Waals surface area contributed by atoms with E-state index in [0.717, 1.165) is 29.6 Å². The van der Waals surface area contributed by atoms with E-state index < -0.39 is 0 Å². The third-order valence-corrected chi connectivity index (χ3v) is 4.22. The molecule has 0 aliphatic carbocycles. The Morgan fingerprint density at radius 2 is 2.26 bits per heavy atom. The van der Waals surface area contributed by atoms with Gasteiger partial charge in [0.25, 0.3) is 0 Å². The quantitative estimate of drug-likeness (QED) is 0.787. The van der Waals surface area contributed by atoms with Crippen molar-refractivity contribution in [2.24, 2.45) is 11.7 Å². The Balaban J connectivity index is 1.93. The Hall–Kier alpha value is -1.23. The molecule has 0 spiro atoms. The fraction of sp³-hybridized carbons (Fsp3) is 0.462. The molecule has 19 heavy (non-hydrogen) atoms. The van der Waals surface area contributed by atoms with Crippen LogP contribution < -0.4 is 11.1 Å². The second-order valence-corrected chi connectivity index (χ2v) is 5.82. The molecule has 2 aromatic rings. The van der Waals surface area contributed by atoms with E-state index in [-0.39, 0.29) is 20.9 Å². The first-order valence-electron chi connectivity index (χ1n) is 6.42. The molecular formula is C13H18N4OSe. The molecule has 1 aromatic heterocycles. The van der Waals surface area contributed by atoms with E-state index in [1.54, 1.807) is 0 Å². The minimum absolute atomic E-state index is 0.0341. The predicted octanol–water partition coefficient (Wildman–Crippen LogP) is 1.39. The maximum absolute atomic E-state index is 11.9. The van der Waals surface area contributed by atoms with Gasteiger partial charge in [-0.25, -0.2) is 0 Å². The number of nitrogens with two attached hydrogens (primary N) is 1. The first-order chi connectivity index (χ1) is 9.20. The summed E-state index contributed by atoms with van der Waals surface area (Å²) in [6.45, 7) is 2.80. The molecule has 0 bridgehead atoms. The summed E-state index contributed by atoms with van der Waals surface area (Å²) in [6, 6.07) is 5.69. The van der Waals surface area contributed by atoms with Crippen LogP contribution in [0.1, 0.15) is 26.2 Å². The van der Waals surface area contributed by atoms with Crippen LogP contribution in [0.5, 0.6) is 0 Å². The molecule has 0 radical (unpaired) electrons. The first kappa shape index (κ1) is 14.2. The molecule has 1 heterocycles. The van der Waals surface area contributed by atoms with Gasteiger partial charge in [0.2, 0.25) is 0 Å². The van der Waals surface area contributed by atoms with Crippen LogP contribution in [-0.4, -0.2) is 35.4 Å². The summed E-state index contributed by atoms with van der Waals surface area (Å²) in [6.07, 6.45) is 2.35. The van der Waals surface area contributed by atoms with Gasteiger partial charge in [0.15, 0.2) is 0 Å². The van der Waals surface area contributed by atoms with E-state index >= 15 is 0 Å². The van der Waals surface area contributed by atoms with Crippen molar-refractivity contribution in [1.82, 2.24) is 7.96 Å². The van der Waals surface area contributed by atoms with Crippen molar-refractivity contribution < 1.29 is 4.79 Å². The average Bonchev–Trinajstić information content (AvgIpc) is 2.86. The molecule has 102 valence electrons. The van der Waals surface area contributed by atoms with Gasteiger partial charge in [-0.15, -0.1) is 0 Å². The molecule has 0 saturated carbocycles. The van der Waals surface area contributed by atoms with Crippen LogP contribution in [0, 0.1) is 5.92 Å². The van der Waals surface area contributed by atoms with E-state index in [2.05, 4.69) is 20.2 Å². The number of anilines is 1. The standard InChI is InChI=1S/C13H18N4OSe/c1-9(7-8-14)5-6-12(18)15-10-3-2-4-11-13(10)17-19-16-11/h2-4,9H,5-8,14H2,1H3,(H,15,18). The zero-order chi connectivity index (χ0) is 13.7. The van der Waals surface area contributed by atoms with E-state index in [4.69, 9.17) is 5.73 Å². The van der Waals surface area contributed by atoms with Gasteiger partial charge in [0, 0.05) is 0 Å². The van der Waals surface area contributed by atoms with E-state index in [1.807, 2.05) is 18.2 Å². The zero-order valence-corrected chi connectivity index (χ0v) is 12.6. The van der Waals surface area contributed by atoms with Crippen molar-refractivity contribution in [3.05, 3.63) is 18.2 Å². The number of hydrogen-bond acceptors (Lipinski definition) is 4. The summed E-state index contributed by atoms with van der Waals surface area (Å²) in [4.78, 5) is 11.9. The van der Waals surface area contributed by atoms with Gasteiger partial charge in [-0.3, -0.25) is 0 Å². The molecule has 0 fully saturated rings. The molecule has 6 heteroatoms. The third-order valence-electron chi connectivity index (χ3n) is 3.08. The number of carbonyl (C=O) groups is 1. The average molecular weight is 325 g/mol. The second kappa shape index (κ2) is 6.80. The summed E-state index contributed by atoms with van der Waals surface area (Å²) in [5.74, 6) is 0.520. The number of aromatic nitrogens is 2. The Morgan fingerprint density at radius 1 is 1.42 bits per heavy atom. The van der Waals surface area contributed by atoms with Crippen LogP contribution in [0.3, 0.4) is 0 Å². The summed E-state index contributed by atoms with van der Waals surface area (Å²) in [7, 11) is 0. The van der Waals surface area contributed by atoms with E-state index in [0.29, 0.717) is 18.9 Å². The summed E-state index contributed by atoms with van der Waals surface area (Å²) in [5.41, 5.74) is 7.98. The van der Waals surface area contributed by atoms with Gasteiger partial charge in [-0.1, -0.05) is 0 Å². The van der Waals surface area contributed by atoms with Crippen LogP contribution in [0.15, 0.2) is 18.2 Å². The van der Waals surface area contributed by atoms with Crippen molar-refractivity contribution in [1.29, 1.82) is 0 Å². The summed E-state index contributed by atoms with van der Waals surface area (Å²) >= 11 is -0.0706. The van der Waals surface area contributed by atoms with Crippen molar-refractivity contribution >= 4 is 37.6 Å². The number of carbonyl (C=O) groups excluding carboxylic acids is 1. The fourth-order valence-corrected chi connectivity index (χ4v) is 3.08. The third kappa shape index (κ3) is 3.86. The number of rotatable bonds is 6. The van der Waals surface area contributed by atoms with Crippen molar-refractivity contribution in [3.63, 3.8) is 0 Å². The zero-order valence-electron chi connectivity index (χ0n) is 10.9. The van der Waals surface area contributed by atoms with Crippen molar-refractivity contribution in [2.75, 3.05) is 11.9 Å². The van der Waals surface area contributed by atoms with Crippen molar-refractivity contribution in [3.8, 4) is 0 Å². The Labute approximate surface area is 118 Å². The minimum atomic E-state index is -0.0706. The van der Waals surface area contributed by atoms with Gasteiger partial charge in [-0.2, -0.15) is 0 Å². The molecule has 1 aromatic carbocycles. The first-order valence-corrected chi connectivity index (χ1v) is 7.95. The van der Waals surface area contributed by atoms with Crippen LogP contribution in [0.2, 0.25) is 0 Å². The predicted molar refractivity (Wildman–Crippen MR) is 77.2 cm³/mol. The number of hydrogen-bond donors (Lipinski definition) is 2. The van der Waals surface area contributed by atoms with Gasteiger partial charge in [0.1, 0.15) is 0 Å². The summed E-state index contributed by atoms with van der Waals surface area (Å²) in [5, 5.41) is 2.93. The fourth-order valence-electron chi connectivity index (χ4n) is 1.93. The molecule has 1 amide bonds. The monoisotopic (exact) mass is 326 g/mol.